The molecule has 0 bridgehead atoms. The van der Waals surface area contributed by atoms with E-state index in [1.807, 2.05) is 10.6 Å². The molecule has 0 radical (unpaired) electrons. The van der Waals surface area contributed by atoms with Crippen LogP contribution in [0.15, 0.2) is 42.9 Å². The lowest BCUT2D eigenvalue weighted by molar-refractivity contribution is -0.137. The molecule has 4 atom stereocenters. The SMILES string of the molecule is COc1ncnc2c1ccn2[C@@H]1C[C@H](CCc2ccc3cc(C(F)(F)F)c(N)nc3c2)[C@@H](O)[C@H]1O. The number of aliphatic hydroxyl groups excluding tert-OH is 2. The molecule has 0 spiro atoms. The fraction of sp³-hybridized carbons (Fsp3) is 0.375. The summed E-state index contributed by atoms with van der Waals surface area (Å²) in [6, 6.07) is 7.50. The Hall–Kier alpha value is -3.44. The molecule has 4 N–H and O–H groups in total. The van der Waals surface area contributed by atoms with Crippen LogP contribution < -0.4 is 10.5 Å². The highest BCUT2D eigenvalue weighted by molar-refractivity contribution is 5.82. The van der Waals surface area contributed by atoms with Gasteiger partial charge in [-0.2, -0.15) is 13.2 Å². The second-order valence-electron chi connectivity index (χ2n) is 8.87. The van der Waals surface area contributed by atoms with Crippen LogP contribution in [0.25, 0.3) is 21.9 Å². The van der Waals surface area contributed by atoms with Gasteiger partial charge in [-0.25, -0.2) is 15.0 Å². The molecular weight excluding hydrogens is 463 g/mol. The molecule has 3 heterocycles. The van der Waals surface area contributed by atoms with Crippen molar-refractivity contribution in [3.05, 3.63) is 54.0 Å². The summed E-state index contributed by atoms with van der Waals surface area (Å²) in [5.41, 5.74) is 6.44. The molecule has 0 saturated heterocycles. The lowest BCUT2D eigenvalue weighted by Crippen LogP contribution is -2.29. The summed E-state index contributed by atoms with van der Waals surface area (Å²) < 4.78 is 46.4. The number of pyridine rings is 1. The lowest BCUT2D eigenvalue weighted by atomic mass is 9.95. The first-order valence-corrected chi connectivity index (χ1v) is 11.2. The Morgan fingerprint density at radius 1 is 1.14 bits per heavy atom. The minimum absolute atomic E-state index is 0.183. The number of aromatic nitrogens is 4. The van der Waals surface area contributed by atoms with Gasteiger partial charge in [0.2, 0.25) is 5.88 Å². The van der Waals surface area contributed by atoms with E-state index in [4.69, 9.17) is 10.5 Å². The average molecular weight is 487 g/mol. The molecule has 5 rings (SSSR count). The highest BCUT2D eigenvalue weighted by atomic mass is 19.4. The van der Waals surface area contributed by atoms with Crippen LogP contribution in [0.5, 0.6) is 5.88 Å². The first-order chi connectivity index (χ1) is 16.7. The Morgan fingerprint density at radius 2 is 1.94 bits per heavy atom. The van der Waals surface area contributed by atoms with Crippen LogP contribution in [0, 0.1) is 5.92 Å². The number of nitrogen functional groups attached to an aromatic ring is 1. The maximum atomic E-state index is 13.1. The van der Waals surface area contributed by atoms with Gasteiger partial charge in [0.25, 0.3) is 0 Å². The van der Waals surface area contributed by atoms with E-state index < -0.39 is 29.8 Å². The molecule has 1 fully saturated rings. The summed E-state index contributed by atoms with van der Waals surface area (Å²) in [4.78, 5) is 12.4. The van der Waals surface area contributed by atoms with Crippen LogP contribution in [-0.2, 0) is 12.6 Å². The quantitative estimate of drug-likeness (QED) is 0.394. The molecule has 184 valence electrons. The van der Waals surface area contributed by atoms with Crippen LogP contribution >= 0.6 is 0 Å². The molecule has 1 aliphatic rings. The van der Waals surface area contributed by atoms with Crippen molar-refractivity contribution in [2.45, 2.75) is 43.7 Å². The summed E-state index contributed by atoms with van der Waals surface area (Å²) >= 11 is 0. The highest BCUT2D eigenvalue weighted by Gasteiger charge is 2.42. The maximum absolute atomic E-state index is 13.1. The van der Waals surface area contributed by atoms with E-state index in [1.165, 1.54) is 13.4 Å². The summed E-state index contributed by atoms with van der Waals surface area (Å²) in [6.07, 6.45) is -1.60. The lowest BCUT2D eigenvalue weighted by Gasteiger charge is -2.19. The van der Waals surface area contributed by atoms with Crippen molar-refractivity contribution in [1.29, 1.82) is 0 Å². The number of nitrogens with two attached hydrogens (primary N) is 1. The van der Waals surface area contributed by atoms with Gasteiger partial charge >= 0.3 is 6.18 Å². The highest BCUT2D eigenvalue weighted by Crippen LogP contribution is 2.40. The van der Waals surface area contributed by atoms with Crippen molar-refractivity contribution in [2.24, 2.45) is 5.92 Å². The smallest absolute Gasteiger partial charge is 0.419 e. The number of alkyl halides is 3. The summed E-state index contributed by atoms with van der Waals surface area (Å²) in [7, 11) is 1.52. The van der Waals surface area contributed by atoms with E-state index in [9.17, 15) is 23.4 Å². The molecule has 1 aromatic carbocycles. The van der Waals surface area contributed by atoms with Crippen molar-refractivity contribution in [2.75, 3.05) is 12.8 Å². The van der Waals surface area contributed by atoms with Crippen LogP contribution in [0.1, 0.15) is 30.0 Å². The van der Waals surface area contributed by atoms with Crippen molar-refractivity contribution in [3.8, 4) is 5.88 Å². The van der Waals surface area contributed by atoms with E-state index in [2.05, 4.69) is 15.0 Å². The fourth-order valence-corrected chi connectivity index (χ4v) is 5.00. The molecule has 0 aliphatic heterocycles. The van der Waals surface area contributed by atoms with E-state index in [0.29, 0.717) is 41.7 Å². The zero-order valence-electron chi connectivity index (χ0n) is 18.8. The van der Waals surface area contributed by atoms with Gasteiger partial charge in [0, 0.05) is 11.6 Å². The molecular formula is C24H24F3N5O3. The number of ether oxygens (including phenoxy) is 1. The number of hydrogen-bond donors (Lipinski definition) is 3. The monoisotopic (exact) mass is 487 g/mol. The summed E-state index contributed by atoms with van der Waals surface area (Å²) in [5.74, 6) is -0.303. The predicted molar refractivity (Wildman–Crippen MR) is 123 cm³/mol. The molecule has 0 unspecified atom stereocenters. The van der Waals surface area contributed by atoms with Gasteiger partial charge in [0.15, 0.2) is 0 Å². The minimum Gasteiger partial charge on any atom is -0.480 e. The van der Waals surface area contributed by atoms with E-state index in [-0.39, 0.29) is 12.0 Å². The van der Waals surface area contributed by atoms with Crippen LogP contribution in [0.4, 0.5) is 19.0 Å². The van der Waals surface area contributed by atoms with Crippen molar-refractivity contribution in [3.63, 3.8) is 0 Å². The number of fused-ring (bicyclic) bond motifs is 2. The first kappa shape index (κ1) is 23.3. The number of halogens is 3. The van der Waals surface area contributed by atoms with Crippen molar-refractivity contribution >= 4 is 27.8 Å². The van der Waals surface area contributed by atoms with Gasteiger partial charge in [0.1, 0.15) is 23.9 Å². The first-order valence-electron chi connectivity index (χ1n) is 11.2. The number of nitrogens with zero attached hydrogens (tertiary/aromatic N) is 4. The third kappa shape index (κ3) is 4.14. The van der Waals surface area contributed by atoms with Gasteiger partial charge < -0.3 is 25.3 Å². The predicted octanol–water partition coefficient (Wildman–Crippen LogP) is 3.50. The molecule has 1 saturated carbocycles. The van der Waals surface area contributed by atoms with Gasteiger partial charge in [0.05, 0.1) is 35.7 Å². The Morgan fingerprint density at radius 3 is 2.69 bits per heavy atom. The summed E-state index contributed by atoms with van der Waals surface area (Å²) in [5, 5.41) is 22.6. The Labute approximate surface area is 198 Å². The van der Waals surface area contributed by atoms with Crippen LogP contribution in [0.3, 0.4) is 0 Å². The number of anilines is 1. The number of methoxy groups -OCH3 is 1. The number of hydrogen-bond acceptors (Lipinski definition) is 7. The standard InChI is InChI=1S/C24H24F3N5O3/c1-35-23-15-6-7-32(22(15)29-11-30-23)18-10-14(19(33)20(18)34)5-3-12-2-4-13-9-16(24(25,26)27)21(28)31-17(13)8-12/h2,4,6-9,11,14,18-20,33-34H,3,5,10H2,1H3,(H2,28,31)/t14-,18+,19+,20-/m0/s1. The Bertz CT molecular complexity index is 1390. The van der Waals surface area contributed by atoms with Crippen molar-refractivity contribution < 1.29 is 28.1 Å². The molecule has 0 amide bonds. The second-order valence-corrected chi connectivity index (χ2v) is 8.87. The van der Waals surface area contributed by atoms with Gasteiger partial charge in [-0.15, -0.1) is 0 Å². The molecule has 35 heavy (non-hydrogen) atoms. The second kappa shape index (κ2) is 8.65. The molecule has 1 aliphatic carbocycles. The third-order valence-electron chi connectivity index (χ3n) is 6.82. The maximum Gasteiger partial charge on any atom is 0.419 e. The van der Waals surface area contributed by atoms with Gasteiger partial charge in [-0.3, -0.25) is 0 Å². The number of benzene rings is 1. The molecule has 11 heteroatoms. The topological polar surface area (TPSA) is 119 Å². The largest absolute Gasteiger partial charge is 0.480 e. The molecule has 3 aromatic heterocycles. The van der Waals surface area contributed by atoms with Crippen molar-refractivity contribution in [1.82, 2.24) is 19.5 Å². The van der Waals surface area contributed by atoms with E-state index >= 15 is 0 Å². The third-order valence-corrected chi connectivity index (χ3v) is 6.82. The molecule has 8 nitrogen and oxygen atoms in total. The number of aliphatic hydroxyl groups is 2. The fourth-order valence-electron chi connectivity index (χ4n) is 5.00. The summed E-state index contributed by atoms with van der Waals surface area (Å²) in [6.45, 7) is 0. The van der Waals surface area contributed by atoms with Crippen LogP contribution in [-0.4, -0.2) is 49.0 Å². The minimum atomic E-state index is -4.57. The number of rotatable bonds is 5. The van der Waals surface area contributed by atoms with Crippen LogP contribution in [0.2, 0.25) is 0 Å². The molecule has 4 aromatic rings. The Kier molecular flexibility index (Phi) is 5.76. The zero-order valence-corrected chi connectivity index (χ0v) is 18.8. The normalized spacial score (nSPS) is 22.8. The van der Waals surface area contributed by atoms with E-state index in [1.54, 1.807) is 24.4 Å². The van der Waals surface area contributed by atoms with Gasteiger partial charge in [-0.1, -0.05) is 12.1 Å². The van der Waals surface area contributed by atoms with Gasteiger partial charge in [-0.05, 0) is 48.9 Å². The Balaban J connectivity index is 1.33. The number of aryl methyl sites for hydroxylation is 1. The zero-order chi connectivity index (χ0) is 24.9. The van der Waals surface area contributed by atoms with E-state index in [0.717, 1.165) is 17.0 Å². The average Bonchev–Trinajstić information content (AvgIpc) is 3.37.